The number of ether oxygens (including phenoxy) is 1. The number of halogens is 2. The van der Waals surface area contributed by atoms with Crippen molar-refractivity contribution in [1.82, 2.24) is 9.78 Å². The highest BCUT2D eigenvalue weighted by atomic mass is 35.5. The van der Waals surface area contributed by atoms with E-state index in [0.717, 1.165) is 49.1 Å². The van der Waals surface area contributed by atoms with Crippen LogP contribution in [0.1, 0.15) is 11.3 Å². The van der Waals surface area contributed by atoms with E-state index >= 15 is 0 Å². The van der Waals surface area contributed by atoms with Crippen LogP contribution >= 0.6 is 24.0 Å². The van der Waals surface area contributed by atoms with E-state index in [1.165, 1.54) is 0 Å². The van der Waals surface area contributed by atoms with Crippen LogP contribution in [0.2, 0.25) is 0 Å². The van der Waals surface area contributed by atoms with Crippen LogP contribution in [-0.2, 0) is 10.6 Å². The van der Waals surface area contributed by atoms with Crippen molar-refractivity contribution in [2.24, 2.45) is 0 Å². The van der Waals surface area contributed by atoms with Gasteiger partial charge in [-0.05, 0) is 19.1 Å². The van der Waals surface area contributed by atoms with Gasteiger partial charge < -0.3 is 9.64 Å². The van der Waals surface area contributed by atoms with Crippen molar-refractivity contribution in [3.63, 3.8) is 0 Å². The van der Waals surface area contributed by atoms with Crippen LogP contribution in [0, 0.1) is 6.92 Å². The topological polar surface area (TPSA) is 30.3 Å². The molecule has 21 heavy (non-hydrogen) atoms. The van der Waals surface area contributed by atoms with Gasteiger partial charge in [0.2, 0.25) is 0 Å². The van der Waals surface area contributed by atoms with Crippen molar-refractivity contribution in [2.75, 3.05) is 31.2 Å². The minimum absolute atomic E-state index is 0. The summed E-state index contributed by atoms with van der Waals surface area (Å²) >= 11 is 6.15. The summed E-state index contributed by atoms with van der Waals surface area (Å²) in [5.41, 5.74) is 3.16. The third-order valence-electron chi connectivity index (χ3n) is 3.60. The molecule has 6 heteroatoms. The zero-order valence-electron chi connectivity index (χ0n) is 12.0. The minimum atomic E-state index is 0. The lowest BCUT2D eigenvalue weighted by Gasteiger charge is -2.30. The Hall–Kier alpha value is -1.23. The Kier molecular flexibility index (Phi) is 5.51. The number of para-hydroxylation sites is 1. The Morgan fingerprint density at radius 2 is 1.86 bits per heavy atom. The number of alkyl halides is 1. The summed E-state index contributed by atoms with van der Waals surface area (Å²) in [5.74, 6) is 1.58. The molecule has 0 saturated carbocycles. The minimum Gasteiger partial charge on any atom is -0.378 e. The van der Waals surface area contributed by atoms with Gasteiger partial charge in [-0.3, -0.25) is 0 Å². The van der Waals surface area contributed by atoms with Crippen LogP contribution in [0.25, 0.3) is 5.69 Å². The predicted molar refractivity (Wildman–Crippen MR) is 88.1 cm³/mol. The molecule has 0 N–H and O–H groups in total. The van der Waals surface area contributed by atoms with Gasteiger partial charge in [0.1, 0.15) is 5.82 Å². The predicted octanol–water partition coefficient (Wildman–Crippen LogP) is 3.18. The number of nitrogens with zero attached hydrogens (tertiary/aromatic N) is 3. The first kappa shape index (κ1) is 16.1. The maximum Gasteiger partial charge on any atom is 0.137 e. The number of aromatic nitrogens is 2. The highest BCUT2D eigenvalue weighted by Gasteiger charge is 2.22. The second-order valence-electron chi connectivity index (χ2n) is 4.87. The molecule has 0 bridgehead atoms. The standard InChI is InChI=1S/C15H18ClN3O.ClH/c1-12-14(11-16)15(18-7-9-20-10-8-18)19(17-12)13-5-3-2-4-6-13;/h2-6H,7-11H2,1H3;1H. The van der Waals surface area contributed by atoms with Crippen LogP contribution in [0.15, 0.2) is 30.3 Å². The molecular formula is C15H19Cl2N3O. The number of aryl methyl sites for hydroxylation is 1. The molecule has 0 unspecified atom stereocenters. The van der Waals surface area contributed by atoms with Gasteiger partial charge >= 0.3 is 0 Å². The lowest BCUT2D eigenvalue weighted by Crippen LogP contribution is -2.38. The fraction of sp³-hybridized carbons (Fsp3) is 0.400. The highest BCUT2D eigenvalue weighted by Crippen LogP contribution is 2.29. The third-order valence-corrected chi connectivity index (χ3v) is 3.87. The van der Waals surface area contributed by atoms with Crippen molar-refractivity contribution in [3.8, 4) is 5.69 Å². The number of morpholine rings is 1. The molecule has 0 amide bonds. The molecule has 1 aliphatic heterocycles. The molecule has 1 aromatic carbocycles. The molecule has 1 aromatic heterocycles. The van der Waals surface area contributed by atoms with Gasteiger partial charge in [0.15, 0.2) is 0 Å². The van der Waals surface area contributed by atoms with Gasteiger partial charge in [-0.1, -0.05) is 18.2 Å². The molecule has 114 valence electrons. The first-order chi connectivity index (χ1) is 9.81. The van der Waals surface area contributed by atoms with Gasteiger partial charge in [0, 0.05) is 18.7 Å². The van der Waals surface area contributed by atoms with Gasteiger partial charge in [-0.2, -0.15) is 5.10 Å². The Morgan fingerprint density at radius 3 is 2.48 bits per heavy atom. The largest absolute Gasteiger partial charge is 0.378 e. The summed E-state index contributed by atoms with van der Waals surface area (Å²) in [6, 6.07) is 10.2. The maximum absolute atomic E-state index is 6.15. The van der Waals surface area contributed by atoms with Crippen molar-refractivity contribution in [1.29, 1.82) is 0 Å². The van der Waals surface area contributed by atoms with E-state index in [-0.39, 0.29) is 12.4 Å². The zero-order chi connectivity index (χ0) is 13.9. The van der Waals surface area contributed by atoms with Gasteiger partial charge in [0.05, 0.1) is 30.5 Å². The molecule has 0 atom stereocenters. The summed E-state index contributed by atoms with van der Waals surface area (Å²) in [5, 5.41) is 4.68. The second-order valence-corrected chi connectivity index (χ2v) is 5.14. The van der Waals surface area contributed by atoms with E-state index in [0.29, 0.717) is 5.88 Å². The van der Waals surface area contributed by atoms with E-state index in [1.807, 2.05) is 29.8 Å². The van der Waals surface area contributed by atoms with Gasteiger partial charge in [-0.15, -0.1) is 24.0 Å². The SMILES string of the molecule is Cc1nn(-c2ccccc2)c(N2CCOCC2)c1CCl.Cl. The van der Waals surface area contributed by atoms with E-state index in [9.17, 15) is 0 Å². The average Bonchev–Trinajstić information content (AvgIpc) is 2.85. The lowest BCUT2D eigenvalue weighted by molar-refractivity contribution is 0.122. The van der Waals surface area contributed by atoms with Crippen LogP contribution < -0.4 is 4.90 Å². The quantitative estimate of drug-likeness (QED) is 0.811. The van der Waals surface area contributed by atoms with Crippen molar-refractivity contribution in [3.05, 3.63) is 41.6 Å². The number of hydrogen-bond donors (Lipinski definition) is 0. The summed E-state index contributed by atoms with van der Waals surface area (Å²) in [4.78, 5) is 2.31. The molecular weight excluding hydrogens is 309 g/mol. The van der Waals surface area contributed by atoms with Gasteiger partial charge in [-0.25, -0.2) is 4.68 Å². The Labute approximate surface area is 136 Å². The fourth-order valence-corrected chi connectivity index (χ4v) is 2.87. The molecule has 1 fully saturated rings. The lowest BCUT2D eigenvalue weighted by atomic mass is 10.2. The summed E-state index contributed by atoms with van der Waals surface area (Å²) in [6.45, 7) is 5.27. The smallest absolute Gasteiger partial charge is 0.137 e. The van der Waals surface area contributed by atoms with Crippen LogP contribution in [0.3, 0.4) is 0 Å². The molecule has 0 aliphatic carbocycles. The fourth-order valence-electron chi connectivity index (χ4n) is 2.55. The molecule has 1 aliphatic rings. The van der Waals surface area contributed by atoms with Crippen molar-refractivity contribution < 1.29 is 4.74 Å². The Morgan fingerprint density at radius 1 is 1.19 bits per heavy atom. The monoisotopic (exact) mass is 327 g/mol. The van der Waals surface area contributed by atoms with Crippen LogP contribution in [0.5, 0.6) is 0 Å². The van der Waals surface area contributed by atoms with E-state index in [1.54, 1.807) is 0 Å². The first-order valence-electron chi connectivity index (χ1n) is 6.84. The molecule has 0 spiro atoms. The summed E-state index contributed by atoms with van der Waals surface area (Å²) in [7, 11) is 0. The third kappa shape index (κ3) is 3.18. The number of rotatable bonds is 3. The Bertz CT molecular complexity index is 580. The Balaban J connectivity index is 0.00000161. The van der Waals surface area contributed by atoms with Gasteiger partial charge in [0.25, 0.3) is 0 Å². The average molecular weight is 328 g/mol. The van der Waals surface area contributed by atoms with Crippen LogP contribution in [0.4, 0.5) is 5.82 Å². The highest BCUT2D eigenvalue weighted by molar-refractivity contribution is 6.17. The molecule has 4 nitrogen and oxygen atoms in total. The summed E-state index contributed by atoms with van der Waals surface area (Å²) < 4.78 is 7.44. The van der Waals surface area contributed by atoms with Crippen molar-refractivity contribution >= 4 is 29.8 Å². The molecule has 3 rings (SSSR count). The van der Waals surface area contributed by atoms with E-state index in [4.69, 9.17) is 16.3 Å². The van der Waals surface area contributed by atoms with Crippen molar-refractivity contribution in [2.45, 2.75) is 12.8 Å². The molecule has 1 saturated heterocycles. The normalized spacial score (nSPS) is 14.9. The van der Waals surface area contributed by atoms with E-state index in [2.05, 4.69) is 22.1 Å². The van der Waals surface area contributed by atoms with Crippen LogP contribution in [-0.4, -0.2) is 36.1 Å². The zero-order valence-corrected chi connectivity index (χ0v) is 13.5. The second kappa shape index (κ2) is 7.16. The molecule has 2 aromatic rings. The first-order valence-corrected chi connectivity index (χ1v) is 7.37. The summed E-state index contributed by atoms with van der Waals surface area (Å²) in [6.07, 6.45) is 0. The molecule has 0 radical (unpaired) electrons. The van der Waals surface area contributed by atoms with E-state index < -0.39 is 0 Å². The number of benzene rings is 1. The molecule has 2 heterocycles. The number of hydrogen-bond acceptors (Lipinski definition) is 3. The number of anilines is 1. The maximum atomic E-state index is 6.15.